The van der Waals surface area contributed by atoms with E-state index in [1.807, 2.05) is 22.7 Å². The zero-order valence-electron chi connectivity index (χ0n) is 32.3. The van der Waals surface area contributed by atoms with Gasteiger partial charge in [-0.15, -0.1) is 22.7 Å². The molecule has 0 saturated carbocycles. The van der Waals surface area contributed by atoms with Crippen LogP contribution in [0.15, 0.2) is 77.3 Å². The standard InChI is InChI=1S/C46H54BrNO4S2/c1-5-9-11-31(7-3)29-39-41-43(51-27-25-49-41)45(53-39)33-13-19-36(20-14-33)48(38-23-17-35(47)18-24-38)37-21-15-34(16-22-37)46-44-42(50-26-28-52-44)40(54-46)30-32(8-4)12-10-6-2/h13-24,31-32H,5-12,25-30H2,1-4H3. The van der Waals surface area contributed by atoms with Crippen LogP contribution in [0.25, 0.3) is 20.9 Å². The number of fused-ring (bicyclic) bond motifs is 2. The first-order valence-electron chi connectivity index (χ1n) is 20.1. The van der Waals surface area contributed by atoms with Crippen LogP contribution in [0.3, 0.4) is 0 Å². The van der Waals surface area contributed by atoms with E-state index in [0.717, 1.165) is 78.3 Å². The lowest BCUT2D eigenvalue weighted by Gasteiger charge is -2.26. The van der Waals surface area contributed by atoms with Gasteiger partial charge in [-0.05, 0) is 84.3 Å². The van der Waals surface area contributed by atoms with Crippen molar-refractivity contribution in [3.05, 3.63) is 87.0 Å². The molecule has 0 spiro atoms. The summed E-state index contributed by atoms with van der Waals surface area (Å²) in [6, 6.07) is 26.4. The summed E-state index contributed by atoms with van der Waals surface area (Å²) in [6.07, 6.45) is 12.0. The van der Waals surface area contributed by atoms with Crippen molar-refractivity contribution in [2.75, 3.05) is 31.3 Å². The van der Waals surface area contributed by atoms with Gasteiger partial charge in [0.2, 0.25) is 0 Å². The molecule has 3 aromatic carbocycles. The third-order valence-corrected chi connectivity index (χ3v) is 13.8. The molecule has 0 bridgehead atoms. The molecule has 0 fully saturated rings. The van der Waals surface area contributed by atoms with E-state index in [0.29, 0.717) is 38.3 Å². The lowest BCUT2D eigenvalue weighted by Crippen LogP contribution is -2.15. The zero-order valence-corrected chi connectivity index (χ0v) is 35.5. The van der Waals surface area contributed by atoms with Gasteiger partial charge in [0.25, 0.3) is 0 Å². The van der Waals surface area contributed by atoms with Crippen LogP contribution < -0.4 is 23.8 Å². The quantitative estimate of drug-likeness (QED) is 0.0934. The summed E-state index contributed by atoms with van der Waals surface area (Å²) >= 11 is 7.34. The van der Waals surface area contributed by atoms with Crippen molar-refractivity contribution < 1.29 is 18.9 Å². The first-order valence-corrected chi connectivity index (χ1v) is 22.5. The summed E-state index contributed by atoms with van der Waals surface area (Å²) in [5, 5.41) is 0. The minimum absolute atomic E-state index is 0.585. The molecular formula is C46H54BrNO4S2. The highest BCUT2D eigenvalue weighted by Crippen LogP contribution is 2.52. The summed E-state index contributed by atoms with van der Waals surface area (Å²) in [7, 11) is 0. The van der Waals surface area contributed by atoms with Crippen molar-refractivity contribution in [3.8, 4) is 43.9 Å². The Labute approximate surface area is 338 Å². The second-order valence-electron chi connectivity index (χ2n) is 14.6. The highest BCUT2D eigenvalue weighted by molar-refractivity contribution is 9.10. The molecule has 8 heteroatoms. The van der Waals surface area contributed by atoms with Gasteiger partial charge in [0.1, 0.15) is 26.4 Å². The zero-order chi connectivity index (χ0) is 37.4. The van der Waals surface area contributed by atoms with E-state index in [9.17, 15) is 0 Å². The van der Waals surface area contributed by atoms with E-state index < -0.39 is 0 Å². The molecule has 286 valence electrons. The molecule has 2 unspecified atom stereocenters. The molecule has 54 heavy (non-hydrogen) atoms. The van der Waals surface area contributed by atoms with E-state index in [-0.39, 0.29) is 0 Å². The summed E-state index contributed by atoms with van der Waals surface area (Å²) in [4.78, 5) is 7.29. The van der Waals surface area contributed by atoms with Crippen LogP contribution in [0.5, 0.6) is 23.0 Å². The van der Waals surface area contributed by atoms with Gasteiger partial charge in [-0.2, -0.15) is 0 Å². The molecule has 0 amide bonds. The maximum absolute atomic E-state index is 6.29. The van der Waals surface area contributed by atoms with Crippen molar-refractivity contribution in [3.63, 3.8) is 0 Å². The topological polar surface area (TPSA) is 40.2 Å². The number of thiophene rings is 2. The lowest BCUT2D eigenvalue weighted by atomic mass is 9.95. The Bertz CT molecular complexity index is 1830. The molecular weight excluding hydrogens is 775 g/mol. The van der Waals surface area contributed by atoms with Crippen LogP contribution in [0.1, 0.15) is 88.8 Å². The Morgan fingerprint density at radius 3 is 1.28 bits per heavy atom. The number of rotatable bonds is 17. The maximum atomic E-state index is 6.29. The molecule has 0 N–H and O–H groups in total. The Morgan fingerprint density at radius 1 is 0.537 bits per heavy atom. The first kappa shape index (κ1) is 38.8. The highest BCUT2D eigenvalue weighted by Gasteiger charge is 2.28. The third kappa shape index (κ3) is 8.66. The van der Waals surface area contributed by atoms with Crippen molar-refractivity contribution in [1.82, 2.24) is 0 Å². The number of benzene rings is 3. The number of nitrogens with zero attached hydrogens (tertiary/aromatic N) is 1. The van der Waals surface area contributed by atoms with E-state index in [1.54, 1.807) is 0 Å². The predicted molar refractivity (Wildman–Crippen MR) is 231 cm³/mol. The van der Waals surface area contributed by atoms with Crippen LogP contribution >= 0.6 is 38.6 Å². The molecule has 2 atom stereocenters. The number of hydrogen-bond donors (Lipinski definition) is 0. The fraction of sp³-hybridized carbons (Fsp3) is 0.435. The van der Waals surface area contributed by atoms with Crippen molar-refractivity contribution in [1.29, 1.82) is 0 Å². The van der Waals surface area contributed by atoms with Crippen LogP contribution in [0.2, 0.25) is 0 Å². The smallest absolute Gasteiger partial charge is 0.180 e. The first-order chi connectivity index (χ1) is 26.5. The van der Waals surface area contributed by atoms with Crippen molar-refractivity contribution in [2.45, 2.75) is 91.9 Å². The minimum Gasteiger partial charge on any atom is -0.485 e. The Balaban J connectivity index is 1.19. The second-order valence-corrected chi connectivity index (χ2v) is 17.7. The number of anilines is 3. The molecule has 0 radical (unpaired) electrons. The van der Waals surface area contributed by atoms with Gasteiger partial charge in [-0.25, -0.2) is 0 Å². The van der Waals surface area contributed by atoms with Gasteiger partial charge in [0.05, 0.1) is 19.5 Å². The number of hydrogen-bond acceptors (Lipinski definition) is 7. The average Bonchev–Trinajstić information content (AvgIpc) is 3.77. The fourth-order valence-corrected chi connectivity index (χ4v) is 10.5. The van der Waals surface area contributed by atoms with Gasteiger partial charge in [0.15, 0.2) is 23.0 Å². The van der Waals surface area contributed by atoms with Crippen LogP contribution in [0, 0.1) is 11.8 Å². The van der Waals surface area contributed by atoms with E-state index in [1.165, 1.54) is 61.1 Å². The minimum atomic E-state index is 0.585. The lowest BCUT2D eigenvalue weighted by molar-refractivity contribution is 0.172. The maximum Gasteiger partial charge on any atom is 0.180 e. The normalized spacial score (nSPS) is 14.5. The van der Waals surface area contributed by atoms with Gasteiger partial charge in [0, 0.05) is 21.5 Å². The Hall–Kier alpha value is -3.46. The second kappa shape index (κ2) is 18.4. The Morgan fingerprint density at radius 2 is 0.907 bits per heavy atom. The van der Waals surface area contributed by atoms with Gasteiger partial charge in [-0.3, -0.25) is 0 Å². The SMILES string of the molecule is CCCCC(CC)Cc1sc(-c2ccc(N(c3ccc(Br)cc3)c3ccc(-c4sc(CC(CC)CCCC)c5c4OCCO5)cc3)cc2)c2c1OCCO2. The average molecular weight is 829 g/mol. The Kier molecular flexibility index (Phi) is 13.3. The largest absolute Gasteiger partial charge is 0.485 e. The van der Waals surface area contributed by atoms with Crippen LogP contribution in [0.4, 0.5) is 17.1 Å². The molecule has 5 nitrogen and oxygen atoms in total. The third-order valence-electron chi connectivity index (χ3n) is 10.8. The summed E-state index contributed by atoms with van der Waals surface area (Å²) in [6.45, 7) is 11.6. The van der Waals surface area contributed by atoms with Crippen LogP contribution in [-0.4, -0.2) is 26.4 Å². The fourth-order valence-electron chi connectivity index (χ4n) is 7.64. The van der Waals surface area contributed by atoms with E-state index in [2.05, 4.69) is 121 Å². The predicted octanol–water partition coefficient (Wildman–Crippen LogP) is 14.4. The molecule has 4 heterocycles. The van der Waals surface area contributed by atoms with Crippen molar-refractivity contribution in [2.24, 2.45) is 11.8 Å². The molecule has 2 aliphatic heterocycles. The van der Waals surface area contributed by atoms with E-state index >= 15 is 0 Å². The van der Waals surface area contributed by atoms with Crippen molar-refractivity contribution >= 4 is 55.7 Å². The number of ether oxygens (including phenoxy) is 4. The van der Waals surface area contributed by atoms with Gasteiger partial charge >= 0.3 is 0 Å². The summed E-state index contributed by atoms with van der Waals surface area (Å²) < 4.78 is 26.2. The summed E-state index contributed by atoms with van der Waals surface area (Å²) in [5.41, 5.74) is 5.59. The number of halogens is 1. The monoisotopic (exact) mass is 827 g/mol. The van der Waals surface area contributed by atoms with Crippen LogP contribution in [-0.2, 0) is 12.8 Å². The van der Waals surface area contributed by atoms with Gasteiger partial charge < -0.3 is 23.8 Å². The molecule has 5 aromatic rings. The number of unbranched alkanes of at least 4 members (excludes halogenated alkanes) is 2. The van der Waals surface area contributed by atoms with Gasteiger partial charge in [-0.1, -0.05) is 119 Å². The summed E-state index contributed by atoms with van der Waals surface area (Å²) in [5.74, 6) is 5.09. The molecule has 0 aliphatic carbocycles. The highest BCUT2D eigenvalue weighted by atomic mass is 79.9. The van der Waals surface area contributed by atoms with E-state index in [4.69, 9.17) is 18.9 Å². The molecule has 2 aromatic heterocycles. The molecule has 7 rings (SSSR count). The molecule has 0 saturated heterocycles. The molecule has 2 aliphatic rings.